The summed E-state index contributed by atoms with van der Waals surface area (Å²) in [6.45, 7) is 4.01. The van der Waals surface area contributed by atoms with Gasteiger partial charge in [-0.15, -0.1) is 0 Å². The SMILES string of the molecule is CCNC(=O)C(C)n1cc(C(=O)O)cn1. The van der Waals surface area contributed by atoms with Crippen molar-refractivity contribution in [3.63, 3.8) is 0 Å². The van der Waals surface area contributed by atoms with E-state index in [1.807, 2.05) is 6.92 Å². The Kier molecular flexibility index (Phi) is 3.43. The quantitative estimate of drug-likeness (QED) is 0.749. The molecule has 2 N–H and O–H groups in total. The smallest absolute Gasteiger partial charge is 0.338 e. The van der Waals surface area contributed by atoms with E-state index in [9.17, 15) is 9.59 Å². The summed E-state index contributed by atoms with van der Waals surface area (Å²) in [6.07, 6.45) is 2.56. The Morgan fingerprint density at radius 2 is 2.33 bits per heavy atom. The molecule has 0 fully saturated rings. The van der Waals surface area contributed by atoms with Gasteiger partial charge in [0.25, 0.3) is 0 Å². The minimum atomic E-state index is -1.05. The lowest BCUT2D eigenvalue weighted by atomic mass is 10.3. The largest absolute Gasteiger partial charge is 0.478 e. The maximum atomic E-state index is 11.4. The third-order valence-electron chi connectivity index (χ3n) is 1.98. The molecular weight excluding hydrogens is 198 g/mol. The van der Waals surface area contributed by atoms with Crippen LogP contribution in [0.15, 0.2) is 12.4 Å². The second kappa shape index (κ2) is 4.59. The molecule has 0 saturated carbocycles. The predicted molar refractivity (Wildman–Crippen MR) is 52.6 cm³/mol. The fourth-order valence-electron chi connectivity index (χ4n) is 1.10. The number of nitrogens with one attached hydrogen (secondary N) is 1. The lowest BCUT2D eigenvalue weighted by molar-refractivity contribution is -0.124. The summed E-state index contributed by atoms with van der Waals surface area (Å²) >= 11 is 0. The highest BCUT2D eigenvalue weighted by molar-refractivity contribution is 5.87. The lowest BCUT2D eigenvalue weighted by Gasteiger charge is -2.10. The maximum Gasteiger partial charge on any atom is 0.338 e. The average molecular weight is 211 g/mol. The fourth-order valence-corrected chi connectivity index (χ4v) is 1.10. The van der Waals surface area contributed by atoms with Crippen molar-refractivity contribution >= 4 is 11.9 Å². The molecule has 0 saturated heterocycles. The monoisotopic (exact) mass is 211 g/mol. The fraction of sp³-hybridized carbons (Fsp3) is 0.444. The molecule has 0 radical (unpaired) electrons. The summed E-state index contributed by atoms with van der Waals surface area (Å²) in [6, 6.07) is -0.502. The number of carbonyl (C=O) groups is 2. The highest BCUT2D eigenvalue weighted by Gasteiger charge is 2.16. The van der Waals surface area contributed by atoms with E-state index in [1.165, 1.54) is 17.1 Å². The predicted octanol–water partition coefficient (Wildman–Crippen LogP) is 0.278. The normalized spacial score (nSPS) is 12.1. The molecule has 6 nitrogen and oxygen atoms in total. The molecule has 6 heteroatoms. The summed E-state index contributed by atoms with van der Waals surface area (Å²) in [5.74, 6) is -1.23. The summed E-state index contributed by atoms with van der Waals surface area (Å²) in [5.41, 5.74) is 0.0751. The standard InChI is InChI=1S/C9H13N3O3/c1-3-10-8(13)6(2)12-5-7(4-11-12)9(14)15/h4-6H,3H2,1-2H3,(H,10,13)(H,14,15). The number of rotatable bonds is 4. The molecule has 0 bridgehead atoms. The van der Waals surface area contributed by atoms with Gasteiger partial charge in [0.05, 0.1) is 11.8 Å². The van der Waals surface area contributed by atoms with Gasteiger partial charge in [-0.3, -0.25) is 9.48 Å². The Morgan fingerprint density at radius 1 is 1.67 bits per heavy atom. The van der Waals surface area contributed by atoms with Crippen LogP contribution < -0.4 is 5.32 Å². The Labute approximate surface area is 86.9 Å². The van der Waals surface area contributed by atoms with Crippen molar-refractivity contribution in [2.45, 2.75) is 19.9 Å². The van der Waals surface area contributed by atoms with Crippen molar-refractivity contribution < 1.29 is 14.7 Å². The molecule has 1 atom stereocenters. The number of carbonyl (C=O) groups excluding carboxylic acids is 1. The van der Waals surface area contributed by atoms with E-state index in [1.54, 1.807) is 6.92 Å². The van der Waals surface area contributed by atoms with E-state index >= 15 is 0 Å². The van der Waals surface area contributed by atoms with Crippen LogP contribution in [-0.4, -0.2) is 33.3 Å². The topological polar surface area (TPSA) is 84.2 Å². The van der Waals surface area contributed by atoms with Crippen LogP contribution >= 0.6 is 0 Å². The molecule has 1 rings (SSSR count). The maximum absolute atomic E-state index is 11.4. The first-order chi connectivity index (χ1) is 7.06. The number of hydrogen-bond acceptors (Lipinski definition) is 3. The third kappa shape index (κ3) is 2.55. The minimum Gasteiger partial charge on any atom is -0.478 e. The molecule has 0 aliphatic heterocycles. The molecule has 1 unspecified atom stereocenters. The molecule has 0 aliphatic rings. The average Bonchev–Trinajstić information content (AvgIpc) is 2.65. The molecule has 1 amide bonds. The number of amides is 1. The Bertz CT molecular complexity index is 372. The highest BCUT2D eigenvalue weighted by atomic mass is 16.4. The zero-order valence-corrected chi connectivity index (χ0v) is 8.60. The van der Waals surface area contributed by atoms with E-state index in [0.717, 1.165) is 0 Å². The Morgan fingerprint density at radius 3 is 2.80 bits per heavy atom. The van der Waals surface area contributed by atoms with Gasteiger partial charge in [-0.2, -0.15) is 5.10 Å². The van der Waals surface area contributed by atoms with Gasteiger partial charge in [-0.25, -0.2) is 4.79 Å². The van der Waals surface area contributed by atoms with Gasteiger partial charge in [0.2, 0.25) is 5.91 Å². The minimum absolute atomic E-state index is 0.0751. The molecule has 0 spiro atoms. The van der Waals surface area contributed by atoms with Crippen LogP contribution in [0.1, 0.15) is 30.2 Å². The molecular formula is C9H13N3O3. The van der Waals surface area contributed by atoms with E-state index in [-0.39, 0.29) is 11.5 Å². The molecule has 0 aliphatic carbocycles. The van der Waals surface area contributed by atoms with E-state index in [4.69, 9.17) is 5.11 Å². The second-order valence-corrected chi connectivity index (χ2v) is 3.08. The van der Waals surface area contributed by atoms with Crippen LogP contribution in [0.25, 0.3) is 0 Å². The first-order valence-electron chi connectivity index (χ1n) is 4.61. The summed E-state index contributed by atoms with van der Waals surface area (Å²) in [7, 11) is 0. The first-order valence-corrected chi connectivity index (χ1v) is 4.61. The Hall–Kier alpha value is -1.85. The molecule has 1 heterocycles. The Balaban J connectivity index is 2.78. The summed E-state index contributed by atoms with van der Waals surface area (Å²) in [5, 5.41) is 15.1. The van der Waals surface area contributed by atoms with Crippen molar-refractivity contribution in [3.05, 3.63) is 18.0 Å². The van der Waals surface area contributed by atoms with Gasteiger partial charge in [0.15, 0.2) is 0 Å². The highest BCUT2D eigenvalue weighted by Crippen LogP contribution is 2.06. The molecule has 1 aromatic heterocycles. The molecule has 1 aromatic rings. The zero-order valence-electron chi connectivity index (χ0n) is 8.60. The van der Waals surface area contributed by atoms with Crippen LogP contribution in [-0.2, 0) is 4.79 Å². The van der Waals surface area contributed by atoms with E-state index in [2.05, 4.69) is 10.4 Å². The van der Waals surface area contributed by atoms with Gasteiger partial charge >= 0.3 is 5.97 Å². The second-order valence-electron chi connectivity index (χ2n) is 3.08. The molecule has 0 aromatic carbocycles. The number of nitrogens with zero attached hydrogens (tertiary/aromatic N) is 2. The van der Waals surface area contributed by atoms with Gasteiger partial charge in [-0.1, -0.05) is 0 Å². The first kappa shape index (κ1) is 11.2. The number of aromatic carboxylic acids is 1. The van der Waals surface area contributed by atoms with Crippen molar-refractivity contribution in [3.8, 4) is 0 Å². The number of carboxylic acids is 1. The van der Waals surface area contributed by atoms with Crippen molar-refractivity contribution in [1.29, 1.82) is 0 Å². The molecule has 15 heavy (non-hydrogen) atoms. The van der Waals surface area contributed by atoms with Crippen LogP contribution in [0.4, 0.5) is 0 Å². The zero-order chi connectivity index (χ0) is 11.4. The number of likely N-dealkylation sites (N-methyl/N-ethyl adjacent to an activating group) is 1. The van der Waals surface area contributed by atoms with E-state index in [0.29, 0.717) is 6.54 Å². The van der Waals surface area contributed by atoms with Gasteiger partial charge in [-0.05, 0) is 13.8 Å². The third-order valence-corrected chi connectivity index (χ3v) is 1.98. The summed E-state index contributed by atoms with van der Waals surface area (Å²) < 4.78 is 1.33. The van der Waals surface area contributed by atoms with Crippen molar-refractivity contribution in [2.75, 3.05) is 6.54 Å². The number of carboxylic acid groups (broad SMARTS) is 1. The van der Waals surface area contributed by atoms with Crippen LogP contribution in [0, 0.1) is 0 Å². The lowest BCUT2D eigenvalue weighted by Crippen LogP contribution is -2.30. The van der Waals surface area contributed by atoms with Crippen molar-refractivity contribution in [2.24, 2.45) is 0 Å². The van der Waals surface area contributed by atoms with Crippen molar-refractivity contribution in [1.82, 2.24) is 15.1 Å². The molecule has 82 valence electrons. The number of hydrogen-bond donors (Lipinski definition) is 2. The summed E-state index contributed by atoms with van der Waals surface area (Å²) in [4.78, 5) is 22.0. The van der Waals surface area contributed by atoms with Gasteiger partial charge in [0.1, 0.15) is 6.04 Å². The van der Waals surface area contributed by atoms with Crippen LogP contribution in [0.2, 0.25) is 0 Å². The number of aromatic nitrogens is 2. The van der Waals surface area contributed by atoms with E-state index < -0.39 is 12.0 Å². The van der Waals surface area contributed by atoms with Gasteiger partial charge in [0, 0.05) is 12.7 Å². The van der Waals surface area contributed by atoms with Gasteiger partial charge < -0.3 is 10.4 Å². The van der Waals surface area contributed by atoms with Crippen LogP contribution in [0.5, 0.6) is 0 Å². The van der Waals surface area contributed by atoms with Crippen LogP contribution in [0.3, 0.4) is 0 Å².